The van der Waals surface area contributed by atoms with Crippen LogP contribution in [0.3, 0.4) is 0 Å². The van der Waals surface area contributed by atoms with Crippen LogP contribution in [0.25, 0.3) is 0 Å². The number of benzene rings is 3. The molecule has 3 aromatic rings. The van der Waals surface area contributed by atoms with Crippen molar-refractivity contribution in [1.82, 2.24) is 5.43 Å². The van der Waals surface area contributed by atoms with Gasteiger partial charge >= 0.3 is 0 Å². The molecule has 1 N–H and O–H groups in total. The number of amides is 1. The molecule has 1 amide bonds. The summed E-state index contributed by atoms with van der Waals surface area (Å²) in [7, 11) is 3.08. The number of ether oxygens (including phenoxy) is 3. The fourth-order valence-electron chi connectivity index (χ4n) is 2.80. The minimum atomic E-state index is -0.448. The van der Waals surface area contributed by atoms with Crippen LogP contribution in [0.4, 0.5) is 5.69 Å². The summed E-state index contributed by atoms with van der Waals surface area (Å²) < 4.78 is 17.2. The Morgan fingerprint density at radius 2 is 1.79 bits per heavy atom. The number of hydrogen-bond acceptors (Lipinski definition) is 7. The highest BCUT2D eigenvalue weighted by Gasteiger charge is 2.12. The number of halogens is 1. The molecule has 0 aromatic heterocycles. The van der Waals surface area contributed by atoms with E-state index in [1.165, 1.54) is 25.5 Å². The van der Waals surface area contributed by atoms with Crippen LogP contribution in [0.1, 0.15) is 21.5 Å². The summed E-state index contributed by atoms with van der Waals surface area (Å²) in [6.07, 6.45) is 1.51. The number of hydrogen-bond donors (Lipinski definition) is 1. The lowest BCUT2D eigenvalue weighted by molar-refractivity contribution is -0.384. The fraction of sp³-hybridized carbons (Fsp3) is 0.130. The van der Waals surface area contributed by atoms with Gasteiger partial charge in [-0.25, -0.2) is 5.43 Å². The van der Waals surface area contributed by atoms with E-state index in [2.05, 4.69) is 33.1 Å². The Morgan fingerprint density at radius 3 is 2.39 bits per heavy atom. The van der Waals surface area contributed by atoms with Gasteiger partial charge in [-0.1, -0.05) is 0 Å². The van der Waals surface area contributed by atoms with Crippen molar-refractivity contribution in [2.45, 2.75) is 6.61 Å². The molecular weight excluding hydrogens is 541 g/mol. The van der Waals surface area contributed by atoms with Gasteiger partial charge in [-0.05, 0) is 82.2 Å². The Bertz CT molecular complexity index is 1160. The second-order valence-corrected chi connectivity index (χ2v) is 7.84. The van der Waals surface area contributed by atoms with E-state index in [1.54, 1.807) is 49.6 Å². The Balaban J connectivity index is 1.66. The van der Waals surface area contributed by atoms with Gasteiger partial charge in [-0.15, -0.1) is 0 Å². The van der Waals surface area contributed by atoms with E-state index < -0.39 is 4.92 Å². The van der Waals surface area contributed by atoms with Crippen molar-refractivity contribution in [3.8, 4) is 17.2 Å². The molecule has 0 aliphatic heterocycles. The number of nitrogens with one attached hydrogen (secondary N) is 1. The van der Waals surface area contributed by atoms with Crippen LogP contribution in [0, 0.1) is 13.7 Å². The predicted molar refractivity (Wildman–Crippen MR) is 131 cm³/mol. The average Bonchev–Trinajstić information content (AvgIpc) is 2.83. The summed E-state index contributed by atoms with van der Waals surface area (Å²) >= 11 is 2.12. The van der Waals surface area contributed by atoms with Crippen molar-refractivity contribution < 1.29 is 23.9 Å². The summed E-state index contributed by atoms with van der Waals surface area (Å²) in [5, 5.41) is 14.8. The molecule has 0 saturated heterocycles. The molecule has 0 heterocycles. The zero-order chi connectivity index (χ0) is 23.8. The van der Waals surface area contributed by atoms with Crippen molar-refractivity contribution >= 4 is 40.4 Å². The third-order valence-corrected chi connectivity index (χ3v) is 5.32. The molecule has 33 heavy (non-hydrogen) atoms. The predicted octanol–water partition coefficient (Wildman–Crippen LogP) is 4.56. The molecule has 3 aromatic carbocycles. The number of rotatable bonds is 9. The maximum absolute atomic E-state index is 12.2. The summed E-state index contributed by atoms with van der Waals surface area (Å²) in [6, 6.07) is 16.4. The molecule has 0 aliphatic rings. The van der Waals surface area contributed by atoms with Gasteiger partial charge in [0.1, 0.15) is 12.4 Å². The van der Waals surface area contributed by atoms with Gasteiger partial charge in [0.15, 0.2) is 11.5 Å². The monoisotopic (exact) mass is 561 g/mol. The third-order valence-electron chi connectivity index (χ3n) is 4.51. The third kappa shape index (κ3) is 6.42. The first-order valence-corrected chi connectivity index (χ1v) is 10.7. The lowest BCUT2D eigenvalue weighted by Crippen LogP contribution is -2.17. The number of nitrogens with zero attached hydrogens (tertiary/aromatic N) is 2. The molecule has 0 atom stereocenters. The van der Waals surface area contributed by atoms with Crippen molar-refractivity contribution in [2.24, 2.45) is 5.10 Å². The summed E-state index contributed by atoms with van der Waals surface area (Å²) in [6.45, 7) is 0.218. The standard InChI is InChI=1S/C23H20IN3O6/c1-31-19-9-5-17(6-10-19)23(28)26-25-13-16-11-20(24)22(21(12-16)32-2)33-14-15-3-7-18(8-4-15)27(29)30/h3-13H,14H2,1-2H3,(H,26,28)/b25-13-. The minimum Gasteiger partial charge on any atom is -0.497 e. The molecule has 3 rings (SSSR count). The molecule has 170 valence electrons. The molecule has 0 radical (unpaired) electrons. The molecule has 0 spiro atoms. The quantitative estimate of drug-likeness (QED) is 0.178. The maximum Gasteiger partial charge on any atom is 0.271 e. The molecule has 0 bridgehead atoms. The molecule has 0 unspecified atom stereocenters. The van der Waals surface area contributed by atoms with Gasteiger partial charge < -0.3 is 14.2 Å². The largest absolute Gasteiger partial charge is 0.497 e. The van der Waals surface area contributed by atoms with Crippen molar-refractivity contribution in [3.05, 3.63) is 91.0 Å². The lowest BCUT2D eigenvalue weighted by Gasteiger charge is -2.13. The van der Waals surface area contributed by atoms with E-state index >= 15 is 0 Å². The Kier molecular flexibility index (Phi) is 8.19. The SMILES string of the molecule is COc1ccc(C(=O)N/N=C\c2cc(I)c(OCc3ccc([N+](=O)[O-])cc3)c(OC)c2)cc1. The molecule has 0 fully saturated rings. The number of carbonyl (C=O) groups is 1. The molecule has 10 heteroatoms. The number of non-ortho nitro benzene ring substituents is 1. The Morgan fingerprint density at radius 1 is 1.09 bits per heavy atom. The number of methoxy groups -OCH3 is 2. The Hall–Kier alpha value is -3.67. The van der Waals surface area contributed by atoms with Gasteiger partial charge in [0.25, 0.3) is 11.6 Å². The first kappa shape index (κ1) is 24.0. The van der Waals surface area contributed by atoms with Crippen molar-refractivity contribution in [2.75, 3.05) is 14.2 Å². The van der Waals surface area contributed by atoms with E-state index in [-0.39, 0.29) is 18.2 Å². The average molecular weight is 561 g/mol. The van der Waals surface area contributed by atoms with Crippen LogP contribution in [0.5, 0.6) is 17.2 Å². The lowest BCUT2D eigenvalue weighted by atomic mass is 10.2. The normalized spacial score (nSPS) is 10.6. The van der Waals surface area contributed by atoms with Crippen LogP contribution in [-0.2, 0) is 6.61 Å². The second kappa shape index (κ2) is 11.3. The summed E-state index contributed by atoms with van der Waals surface area (Å²) in [4.78, 5) is 22.5. The number of nitro groups is 1. The molecular formula is C23H20IN3O6. The van der Waals surface area contributed by atoms with E-state index in [1.807, 2.05) is 6.07 Å². The first-order chi connectivity index (χ1) is 15.9. The highest BCUT2D eigenvalue weighted by atomic mass is 127. The van der Waals surface area contributed by atoms with Gasteiger partial charge in [0, 0.05) is 17.7 Å². The van der Waals surface area contributed by atoms with Crippen molar-refractivity contribution in [3.63, 3.8) is 0 Å². The summed E-state index contributed by atoms with van der Waals surface area (Å²) in [5.41, 5.74) is 4.44. The van der Waals surface area contributed by atoms with Crippen molar-refractivity contribution in [1.29, 1.82) is 0 Å². The van der Waals surface area contributed by atoms with Crippen LogP contribution in [-0.4, -0.2) is 31.3 Å². The van der Waals surface area contributed by atoms with Crippen LogP contribution < -0.4 is 19.6 Å². The molecule has 9 nitrogen and oxygen atoms in total. The van der Waals surface area contributed by atoms with Crippen LogP contribution in [0.2, 0.25) is 0 Å². The van der Waals surface area contributed by atoms with Gasteiger partial charge in [-0.2, -0.15) is 5.10 Å². The first-order valence-electron chi connectivity index (χ1n) is 9.62. The smallest absolute Gasteiger partial charge is 0.271 e. The maximum atomic E-state index is 12.2. The zero-order valence-corrected chi connectivity index (χ0v) is 19.9. The van der Waals surface area contributed by atoms with Gasteiger partial charge in [0.05, 0.1) is 28.9 Å². The minimum absolute atomic E-state index is 0.0219. The van der Waals surface area contributed by atoms with Gasteiger partial charge in [0.2, 0.25) is 0 Å². The van der Waals surface area contributed by atoms with Crippen LogP contribution in [0.15, 0.2) is 65.8 Å². The summed E-state index contributed by atoms with van der Waals surface area (Å²) in [5.74, 6) is 1.34. The highest BCUT2D eigenvalue weighted by Crippen LogP contribution is 2.34. The van der Waals surface area contributed by atoms with E-state index in [0.29, 0.717) is 28.4 Å². The topological polar surface area (TPSA) is 112 Å². The zero-order valence-electron chi connectivity index (χ0n) is 17.8. The number of carbonyl (C=O) groups excluding carboxylic acids is 1. The molecule has 0 saturated carbocycles. The number of hydrazone groups is 1. The van der Waals surface area contributed by atoms with E-state index in [4.69, 9.17) is 14.2 Å². The molecule has 0 aliphatic carbocycles. The second-order valence-electron chi connectivity index (χ2n) is 6.67. The number of nitro benzene ring substituents is 1. The Labute approximate surface area is 203 Å². The van der Waals surface area contributed by atoms with Crippen LogP contribution >= 0.6 is 22.6 Å². The van der Waals surface area contributed by atoms with E-state index in [9.17, 15) is 14.9 Å². The van der Waals surface area contributed by atoms with E-state index in [0.717, 1.165) is 9.13 Å². The fourth-order valence-corrected chi connectivity index (χ4v) is 3.58. The highest BCUT2D eigenvalue weighted by molar-refractivity contribution is 14.1. The van der Waals surface area contributed by atoms with Gasteiger partial charge in [-0.3, -0.25) is 14.9 Å².